The van der Waals surface area contributed by atoms with Crippen LogP contribution in [0.15, 0.2) is 92.3 Å². The monoisotopic (exact) mass is 657 g/mol. The zero-order valence-corrected chi connectivity index (χ0v) is 26.3. The summed E-state index contributed by atoms with van der Waals surface area (Å²) >= 11 is 4.93. The first-order valence-corrected chi connectivity index (χ1v) is 15.2. The third-order valence-electron chi connectivity index (χ3n) is 7.40. The Labute approximate surface area is 259 Å². The molecule has 0 saturated heterocycles. The fraction of sp³-hybridized carbons (Fsp3) is 0.182. The summed E-state index contributed by atoms with van der Waals surface area (Å²) in [5.74, 6) is 0.441. The van der Waals surface area contributed by atoms with Gasteiger partial charge >= 0.3 is 5.97 Å². The van der Waals surface area contributed by atoms with E-state index in [1.165, 1.54) is 11.3 Å². The first kappa shape index (κ1) is 28.7. The number of thiazole rings is 1. The number of hydrogen-bond acceptors (Lipinski definition) is 7. The second-order valence-corrected chi connectivity index (χ2v) is 11.7. The number of ether oxygens (including phenoxy) is 3. The SMILES string of the molecule is CCOC(=O)C1=C(C)N=c2s/c(=C/c3c(-c4ccccc4)[nH]c4ccccc34)c(=O)n2[C@H]1c1cc(OC)c(OC)cc1Br. The Bertz CT molecular complexity index is 2090. The molecule has 6 rings (SSSR count). The fourth-order valence-electron chi connectivity index (χ4n) is 5.44. The molecule has 218 valence electrons. The molecule has 5 aromatic rings. The number of para-hydroxylation sites is 1. The molecule has 1 aliphatic heterocycles. The van der Waals surface area contributed by atoms with Crippen LogP contribution in [-0.2, 0) is 9.53 Å². The lowest BCUT2D eigenvalue weighted by Gasteiger charge is -2.26. The normalized spacial score (nSPS) is 14.9. The molecule has 0 spiro atoms. The molecular formula is C33H28BrN3O5S. The highest BCUT2D eigenvalue weighted by molar-refractivity contribution is 9.10. The van der Waals surface area contributed by atoms with Crippen LogP contribution in [0, 0.1) is 0 Å². The van der Waals surface area contributed by atoms with E-state index in [9.17, 15) is 9.59 Å². The van der Waals surface area contributed by atoms with Gasteiger partial charge in [-0.25, -0.2) is 9.79 Å². The van der Waals surface area contributed by atoms with Crippen LogP contribution in [0.5, 0.6) is 11.5 Å². The van der Waals surface area contributed by atoms with Crippen LogP contribution in [0.1, 0.15) is 31.0 Å². The number of H-pyrrole nitrogens is 1. The Morgan fingerprint density at radius 2 is 1.77 bits per heavy atom. The van der Waals surface area contributed by atoms with Crippen LogP contribution >= 0.6 is 27.3 Å². The van der Waals surface area contributed by atoms with E-state index in [-0.39, 0.29) is 17.7 Å². The fourth-order valence-corrected chi connectivity index (χ4v) is 7.01. The Balaban J connectivity index is 1.63. The average molecular weight is 659 g/mol. The lowest BCUT2D eigenvalue weighted by Crippen LogP contribution is -2.40. The van der Waals surface area contributed by atoms with Gasteiger partial charge in [0, 0.05) is 20.9 Å². The Kier molecular flexibility index (Phi) is 7.81. The smallest absolute Gasteiger partial charge is 0.338 e. The Morgan fingerprint density at radius 1 is 1.07 bits per heavy atom. The van der Waals surface area contributed by atoms with Crippen LogP contribution in [0.25, 0.3) is 28.2 Å². The number of carbonyl (C=O) groups excluding carboxylic acids is 1. The van der Waals surface area contributed by atoms with Gasteiger partial charge in [-0.3, -0.25) is 9.36 Å². The number of rotatable bonds is 7. The summed E-state index contributed by atoms with van der Waals surface area (Å²) in [6.07, 6.45) is 1.91. The highest BCUT2D eigenvalue weighted by atomic mass is 79.9. The van der Waals surface area contributed by atoms with E-state index < -0.39 is 12.0 Å². The number of halogens is 1. The summed E-state index contributed by atoms with van der Waals surface area (Å²) in [6.45, 7) is 3.69. The van der Waals surface area contributed by atoms with Gasteiger partial charge < -0.3 is 19.2 Å². The molecule has 0 fully saturated rings. The summed E-state index contributed by atoms with van der Waals surface area (Å²) in [7, 11) is 3.09. The molecule has 3 aromatic carbocycles. The van der Waals surface area contributed by atoms with Gasteiger partial charge in [0.15, 0.2) is 16.3 Å². The molecule has 10 heteroatoms. The maximum atomic E-state index is 14.4. The topological polar surface area (TPSA) is 94.9 Å². The lowest BCUT2D eigenvalue weighted by atomic mass is 9.95. The number of benzene rings is 3. The van der Waals surface area contributed by atoms with Gasteiger partial charge in [0.2, 0.25) is 0 Å². The quantitative estimate of drug-likeness (QED) is 0.226. The van der Waals surface area contributed by atoms with Crippen LogP contribution < -0.4 is 24.4 Å². The first-order valence-electron chi connectivity index (χ1n) is 13.6. The predicted molar refractivity (Wildman–Crippen MR) is 171 cm³/mol. The van der Waals surface area contributed by atoms with E-state index in [2.05, 4.69) is 20.9 Å². The molecule has 2 aromatic heterocycles. The molecule has 0 aliphatic carbocycles. The number of nitrogens with zero attached hydrogens (tertiary/aromatic N) is 2. The Hall–Kier alpha value is -4.41. The number of esters is 1. The minimum Gasteiger partial charge on any atom is -0.493 e. The molecule has 1 N–H and O–H groups in total. The minimum atomic E-state index is -0.816. The van der Waals surface area contributed by atoms with Gasteiger partial charge in [-0.05, 0) is 49.2 Å². The molecule has 0 unspecified atom stereocenters. The molecule has 3 heterocycles. The molecule has 1 aliphatic rings. The number of hydrogen-bond donors (Lipinski definition) is 1. The van der Waals surface area contributed by atoms with Crippen molar-refractivity contribution in [2.75, 3.05) is 20.8 Å². The zero-order valence-electron chi connectivity index (χ0n) is 23.9. The maximum absolute atomic E-state index is 14.4. The van der Waals surface area contributed by atoms with Gasteiger partial charge in [0.05, 0.1) is 48.4 Å². The number of carbonyl (C=O) groups is 1. The summed E-state index contributed by atoms with van der Waals surface area (Å²) in [4.78, 5) is 36.5. The molecule has 43 heavy (non-hydrogen) atoms. The number of aromatic amines is 1. The summed E-state index contributed by atoms with van der Waals surface area (Å²) < 4.78 is 19.2. The van der Waals surface area contributed by atoms with Crippen LogP contribution in [0.2, 0.25) is 0 Å². The highest BCUT2D eigenvalue weighted by Crippen LogP contribution is 2.41. The third-order valence-corrected chi connectivity index (χ3v) is 9.07. The van der Waals surface area contributed by atoms with Gasteiger partial charge in [0.25, 0.3) is 5.56 Å². The largest absolute Gasteiger partial charge is 0.493 e. The molecule has 0 amide bonds. The van der Waals surface area contributed by atoms with E-state index in [1.807, 2.05) is 60.7 Å². The lowest BCUT2D eigenvalue weighted by molar-refractivity contribution is -0.139. The number of aromatic nitrogens is 2. The van der Waals surface area contributed by atoms with Crippen molar-refractivity contribution in [3.05, 3.63) is 113 Å². The number of nitrogens with one attached hydrogen (secondary N) is 1. The molecular weight excluding hydrogens is 630 g/mol. The van der Waals surface area contributed by atoms with Gasteiger partial charge in [-0.2, -0.15) is 0 Å². The van der Waals surface area contributed by atoms with E-state index >= 15 is 0 Å². The second-order valence-electron chi connectivity index (χ2n) is 9.86. The van der Waals surface area contributed by atoms with E-state index in [0.29, 0.717) is 36.6 Å². The van der Waals surface area contributed by atoms with Crippen molar-refractivity contribution in [3.63, 3.8) is 0 Å². The van der Waals surface area contributed by atoms with Crippen molar-refractivity contribution in [1.82, 2.24) is 9.55 Å². The maximum Gasteiger partial charge on any atom is 0.338 e. The van der Waals surface area contributed by atoms with Gasteiger partial charge in [-0.15, -0.1) is 0 Å². The first-order chi connectivity index (χ1) is 20.9. The Morgan fingerprint density at radius 3 is 2.49 bits per heavy atom. The summed E-state index contributed by atoms with van der Waals surface area (Å²) in [6, 6.07) is 20.7. The molecule has 8 nitrogen and oxygen atoms in total. The van der Waals surface area contributed by atoms with Crippen molar-refractivity contribution < 1.29 is 19.0 Å². The summed E-state index contributed by atoms with van der Waals surface area (Å²) in [5.41, 5.74) is 4.92. The van der Waals surface area contributed by atoms with Gasteiger partial charge in [-0.1, -0.05) is 75.8 Å². The van der Waals surface area contributed by atoms with Crippen LogP contribution in [0.3, 0.4) is 0 Å². The zero-order chi connectivity index (χ0) is 30.2. The van der Waals surface area contributed by atoms with E-state index in [1.54, 1.807) is 44.8 Å². The van der Waals surface area contributed by atoms with Crippen molar-refractivity contribution >= 4 is 50.2 Å². The number of allylic oxidation sites excluding steroid dienone is 1. The standard InChI is InChI=1S/C33H28BrN3O5S/c1-5-42-32(39)28-18(2)35-33-37(30(28)22-15-25(40-3)26(41-4)17-23(22)34)31(38)27(43-33)16-21-20-13-9-10-14-24(20)36-29(21)19-11-7-6-8-12-19/h6-17,30,36H,5H2,1-4H3/b27-16+/t30-/m0/s1. The van der Waals surface area contributed by atoms with Crippen molar-refractivity contribution in [2.24, 2.45) is 4.99 Å². The minimum absolute atomic E-state index is 0.183. The molecule has 0 radical (unpaired) electrons. The van der Waals surface area contributed by atoms with E-state index in [4.69, 9.17) is 19.2 Å². The summed E-state index contributed by atoms with van der Waals surface area (Å²) in [5, 5.41) is 0.995. The van der Waals surface area contributed by atoms with Crippen molar-refractivity contribution in [1.29, 1.82) is 0 Å². The van der Waals surface area contributed by atoms with Crippen molar-refractivity contribution in [3.8, 4) is 22.8 Å². The number of fused-ring (bicyclic) bond motifs is 2. The van der Waals surface area contributed by atoms with Crippen molar-refractivity contribution in [2.45, 2.75) is 19.9 Å². The van der Waals surface area contributed by atoms with Crippen LogP contribution in [0.4, 0.5) is 0 Å². The highest BCUT2D eigenvalue weighted by Gasteiger charge is 2.35. The average Bonchev–Trinajstić information content (AvgIpc) is 3.53. The predicted octanol–water partition coefficient (Wildman–Crippen LogP) is 5.73. The third kappa shape index (κ3) is 5.00. The van der Waals surface area contributed by atoms with Gasteiger partial charge in [0.1, 0.15) is 0 Å². The van der Waals surface area contributed by atoms with E-state index in [0.717, 1.165) is 27.7 Å². The molecule has 0 saturated carbocycles. The molecule has 0 bridgehead atoms. The second kappa shape index (κ2) is 11.7. The number of methoxy groups -OCH3 is 2. The van der Waals surface area contributed by atoms with Crippen LogP contribution in [-0.4, -0.2) is 36.3 Å². The molecule has 1 atom stereocenters.